The molecule has 0 radical (unpaired) electrons. The van der Waals surface area contributed by atoms with Gasteiger partial charge in [-0.15, -0.1) is 0 Å². The van der Waals surface area contributed by atoms with Crippen LogP contribution in [0.15, 0.2) is 72.8 Å². The molecule has 1 unspecified atom stereocenters. The fourth-order valence-corrected chi connectivity index (χ4v) is 5.36. The Morgan fingerprint density at radius 2 is 1.67 bits per heavy atom. The van der Waals surface area contributed by atoms with Gasteiger partial charge in [0, 0.05) is 23.1 Å². The Morgan fingerprint density at radius 3 is 2.42 bits per heavy atom. The zero-order valence-corrected chi connectivity index (χ0v) is 19.8. The molecule has 5 rings (SSSR count). The number of ether oxygens (including phenoxy) is 1. The van der Waals surface area contributed by atoms with E-state index in [4.69, 9.17) is 27.9 Å². The number of rotatable bonds is 5. The second-order valence-electron chi connectivity index (χ2n) is 8.71. The van der Waals surface area contributed by atoms with Crippen LogP contribution in [-0.2, 0) is 21.7 Å². The van der Waals surface area contributed by atoms with Gasteiger partial charge in [-0.05, 0) is 53.3 Å². The van der Waals surface area contributed by atoms with Crippen molar-refractivity contribution >= 4 is 29.1 Å². The van der Waals surface area contributed by atoms with Gasteiger partial charge in [0.05, 0.1) is 24.8 Å². The van der Waals surface area contributed by atoms with Gasteiger partial charge in [0.2, 0.25) is 5.91 Å². The maximum Gasteiger partial charge on any atom is 0.236 e. The van der Waals surface area contributed by atoms with Crippen molar-refractivity contribution in [1.82, 2.24) is 10.2 Å². The van der Waals surface area contributed by atoms with E-state index in [1.807, 2.05) is 53.4 Å². The molecule has 3 aromatic carbocycles. The minimum Gasteiger partial charge on any atom is -0.365 e. The smallest absolute Gasteiger partial charge is 0.236 e. The van der Waals surface area contributed by atoms with Gasteiger partial charge in [0.15, 0.2) is 0 Å². The summed E-state index contributed by atoms with van der Waals surface area (Å²) in [5.41, 5.74) is 4.25. The summed E-state index contributed by atoms with van der Waals surface area (Å²) in [6.07, 6.45) is 1.64. The first kappa shape index (κ1) is 22.4. The molecule has 1 atom stereocenters. The van der Waals surface area contributed by atoms with E-state index >= 15 is 0 Å². The lowest BCUT2D eigenvalue weighted by Gasteiger charge is -2.39. The normalized spacial score (nSPS) is 17.7. The number of halogens is 2. The van der Waals surface area contributed by atoms with E-state index in [1.165, 1.54) is 11.1 Å². The van der Waals surface area contributed by atoms with Crippen LogP contribution in [0.25, 0.3) is 0 Å². The van der Waals surface area contributed by atoms with Crippen LogP contribution >= 0.6 is 23.2 Å². The van der Waals surface area contributed by atoms with Gasteiger partial charge in [-0.3, -0.25) is 10.1 Å². The summed E-state index contributed by atoms with van der Waals surface area (Å²) in [4.78, 5) is 15.1. The van der Waals surface area contributed by atoms with Crippen molar-refractivity contribution in [3.05, 3.63) is 105 Å². The number of benzene rings is 3. The van der Waals surface area contributed by atoms with Crippen molar-refractivity contribution in [1.29, 1.82) is 0 Å². The number of likely N-dealkylation sites (tertiary alicyclic amines) is 1. The molecule has 6 heteroatoms. The van der Waals surface area contributed by atoms with Crippen LogP contribution in [0.1, 0.15) is 41.1 Å². The fourth-order valence-electron chi connectivity index (χ4n) is 4.99. The molecule has 0 saturated carbocycles. The molecule has 1 fully saturated rings. The zero-order chi connectivity index (χ0) is 22.8. The average molecular weight is 481 g/mol. The number of nitrogens with zero attached hydrogens (tertiary/aromatic N) is 1. The Balaban J connectivity index is 1.26. The van der Waals surface area contributed by atoms with Gasteiger partial charge in [0.1, 0.15) is 0 Å². The molecule has 1 N–H and O–H groups in total. The minimum absolute atomic E-state index is 0.0853. The number of fused-ring (bicyclic) bond motifs is 2. The third-order valence-electron chi connectivity index (χ3n) is 6.81. The first-order chi connectivity index (χ1) is 16.1. The molecule has 2 aliphatic heterocycles. The Bertz CT molecular complexity index is 1140. The predicted molar refractivity (Wildman–Crippen MR) is 131 cm³/mol. The molecule has 2 aliphatic rings. The molecule has 0 aliphatic carbocycles. The van der Waals surface area contributed by atoms with Gasteiger partial charge in [0.25, 0.3) is 0 Å². The SMILES string of the molecule is O=C(CNC(c1ccc(Cl)cc1)c1ccccc1Cl)N1CCC2(CC1)OCc1ccccc12. The van der Waals surface area contributed by atoms with Crippen molar-refractivity contribution in [2.45, 2.75) is 31.1 Å². The topological polar surface area (TPSA) is 41.6 Å². The van der Waals surface area contributed by atoms with Crippen LogP contribution in [0.5, 0.6) is 0 Å². The van der Waals surface area contributed by atoms with E-state index in [0.717, 1.165) is 24.0 Å². The largest absolute Gasteiger partial charge is 0.365 e. The summed E-state index contributed by atoms with van der Waals surface area (Å²) >= 11 is 12.6. The molecular weight excluding hydrogens is 455 g/mol. The van der Waals surface area contributed by atoms with Crippen LogP contribution < -0.4 is 5.32 Å². The summed E-state index contributed by atoms with van der Waals surface area (Å²) in [6.45, 7) is 2.26. The van der Waals surface area contributed by atoms with Crippen LogP contribution in [0.2, 0.25) is 10.0 Å². The molecule has 1 amide bonds. The minimum atomic E-state index is -0.246. The van der Waals surface area contributed by atoms with E-state index in [9.17, 15) is 4.79 Å². The number of nitrogens with one attached hydrogen (secondary N) is 1. The van der Waals surface area contributed by atoms with Crippen LogP contribution in [0.3, 0.4) is 0 Å². The molecule has 1 saturated heterocycles. The van der Waals surface area contributed by atoms with Gasteiger partial charge >= 0.3 is 0 Å². The van der Waals surface area contributed by atoms with Gasteiger partial charge in [-0.1, -0.05) is 77.8 Å². The Labute approximate surface area is 204 Å². The van der Waals surface area contributed by atoms with Crippen molar-refractivity contribution in [2.75, 3.05) is 19.6 Å². The van der Waals surface area contributed by atoms with Crippen molar-refractivity contribution < 1.29 is 9.53 Å². The highest BCUT2D eigenvalue weighted by Gasteiger charge is 2.43. The quantitative estimate of drug-likeness (QED) is 0.507. The summed E-state index contributed by atoms with van der Waals surface area (Å²) < 4.78 is 6.24. The summed E-state index contributed by atoms with van der Waals surface area (Å²) in [6, 6.07) is 23.6. The number of carbonyl (C=O) groups is 1. The number of hydrogen-bond donors (Lipinski definition) is 1. The van der Waals surface area contributed by atoms with E-state index in [1.54, 1.807) is 0 Å². The molecule has 4 nitrogen and oxygen atoms in total. The fraction of sp³-hybridized carbons (Fsp3) is 0.296. The summed E-state index contributed by atoms with van der Waals surface area (Å²) in [7, 11) is 0. The Hall–Kier alpha value is -2.37. The van der Waals surface area contributed by atoms with Crippen LogP contribution in [0.4, 0.5) is 0 Å². The lowest BCUT2D eigenvalue weighted by molar-refractivity contribution is -0.137. The first-order valence-corrected chi connectivity index (χ1v) is 12.0. The van der Waals surface area contributed by atoms with Gasteiger partial charge in [-0.2, -0.15) is 0 Å². The number of piperidine rings is 1. The highest BCUT2D eigenvalue weighted by molar-refractivity contribution is 6.31. The molecule has 0 bridgehead atoms. The monoisotopic (exact) mass is 480 g/mol. The molecule has 2 heterocycles. The molecule has 3 aromatic rings. The molecule has 0 aromatic heterocycles. The van der Waals surface area contributed by atoms with Gasteiger partial charge in [-0.25, -0.2) is 0 Å². The lowest BCUT2D eigenvalue weighted by Crippen LogP contribution is -2.48. The Kier molecular flexibility index (Phi) is 6.44. The zero-order valence-electron chi connectivity index (χ0n) is 18.3. The summed E-state index contributed by atoms with van der Waals surface area (Å²) in [5, 5.41) is 4.77. The third-order valence-corrected chi connectivity index (χ3v) is 7.41. The highest BCUT2D eigenvalue weighted by atomic mass is 35.5. The third kappa shape index (κ3) is 4.53. The van der Waals surface area contributed by atoms with E-state index in [-0.39, 0.29) is 24.1 Å². The Morgan fingerprint density at radius 1 is 0.970 bits per heavy atom. The van der Waals surface area contributed by atoms with Crippen molar-refractivity contribution in [3.8, 4) is 0 Å². The second-order valence-corrected chi connectivity index (χ2v) is 9.55. The number of hydrogen-bond acceptors (Lipinski definition) is 3. The maximum atomic E-state index is 13.1. The van der Waals surface area contributed by atoms with Crippen molar-refractivity contribution in [2.24, 2.45) is 0 Å². The molecular formula is C27H26Cl2N2O2. The van der Waals surface area contributed by atoms with Crippen LogP contribution in [0, 0.1) is 0 Å². The van der Waals surface area contributed by atoms with Gasteiger partial charge < -0.3 is 9.64 Å². The number of amides is 1. The predicted octanol–water partition coefficient (Wildman–Crippen LogP) is 5.72. The highest BCUT2D eigenvalue weighted by Crippen LogP contribution is 2.44. The van der Waals surface area contributed by atoms with Crippen LogP contribution in [-0.4, -0.2) is 30.4 Å². The van der Waals surface area contributed by atoms with Crippen molar-refractivity contribution in [3.63, 3.8) is 0 Å². The average Bonchev–Trinajstić information content (AvgIpc) is 3.20. The lowest BCUT2D eigenvalue weighted by atomic mass is 9.84. The van der Waals surface area contributed by atoms with E-state index in [0.29, 0.717) is 29.7 Å². The maximum absolute atomic E-state index is 13.1. The molecule has 1 spiro atoms. The standard InChI is InChI=1S/C27H26Cl2N2O2/c28-21-11-9-19(10-12-21)26(22-6-2-4-8-24(22)29)30-17-25(32)31-15-13-27(14-16-31)23-7-3-1-5-20(23)18-33-27/h1-12,26,30H,13-18H2. The first-order valence-electron chi connectivity index (χ1n) is 11.3. The second kappa shape index (κ2) is 9.47. The number of carbonyl (C=O) groups excluding carboxylic acids is 1. The molecule has 170 valence electrons. The van der Waals surface area contributed by atoms with E-state index < -0.39 is 0 Å². The molecule has 33 heavy (non-hydrogen) atoms. The van der Waals surface area contributed by atoms with E-state index in [2.05, 4.69) is 29.6 Å². The summed E-state index contributed by atoms with van der Waals surface area (Å²) in [5.74, 6) is 0.0853.